The number of halogens is 2. The molecule has 3 heteroatoms. The third kappa shape index (κ3) is 3.19. The quantitative estimate of drug-likeness (QED) is 0.609. The minimum absolute atomic E-state index is 0. The molecular weight excluding hydrogens is 383 g/mol. The number of hydrogen-bond acceptors (Lipinski definition) is 0. The van der Waals surface area contributed by atoms with Crippen LogP contribution in [0.5, 0.6) is 0 Å². The molecule has 0 spiro atoms. The number of hydrogen-bond donors (Lipinski definition) is 0. The third-order valence-corrected chi connectivity index (χ3v) is 9.00. The first-order valence-corrected chi connectivity index (χ1v) is 10.5. The summed E-state index contributed by atoms with van der Waals surface area (Å²) in [4.78, 5) is 0. The fraction of sp³-hybridized carbons (Fsp3) is 0.273. The summed E-state index contributed by atoms with van der Waals surface area (Å²) in [5.74, 6) is 1.64. The molecule has 0 heterocycles. The van der Waals surface area contributed by atoms with Crippen LogP contribution in [0.15, 0.2) is 72.8 Å². The first-order chi connectivity index (χ1) is 11.4. The van der Waals surface area contributed by atoms with Gasteiger partial charge in [-0.1, -0.05) is 0 Å². The molecule has 0 saturated heterocycles. The second-order valence-electron chi connectivity index (χ2n) is 6.97. The second kappa shape index (κ2) is 7.84. The zero-order valence-corrected chi connectivity index (χ0v) is 17.0. The van der Waals surface area contributed by atoms with E-state index in [1.165, 1.54) is 24.0 Å². The Hall–Kier alpha value is -0.786. The first kappa shape index (κ1) is 19.0. The van der Waals surface area contributed by atoms with Crippen molar-refractivity contribution >= 4 is 0 Å². The summed E-state index contributed by atoms with van der Waals surface area (Å²) >= 11 is -0.0537. The van der Waals surface area contributed by atoms with Gasteiger partial charge in [0.1, 0.15) is 0 Å². The van der Waals surface area contributed by atoms with Gasteiger partial charge in [-0.25, -0.2) is 0 Å². The van der Waals surface area contributed by atoms with Crippen LogP contribution in [0.2, 0.25) is 4.22 Å². The van der Waals surface area contributed by atoms with Crippen molar-refractivity contribution in [3.05, 3.63) is 84.0 Å². The number of allylic oxidation sites excluding steroid dienone is 4. The Balaban J connectivity index is 0.000000911. The Labute approximate surface area is 171 Å². The molecule has 5 rings (SSSR count). The van der Waals surface area contributed by atoms with Gasteiger partial charge in [0.05, 0.1) is 0 Å². The molecule has 0 amide bonds. The summed E-state index contributed by atoms with van der Waals surface area (Å²) in [5, 5.41) is 0. The minimum atomic E-state index is -0.0537. The normalized spacial score (nSPS) is 25.2. The van der Waals surface area contributed by atoms with Crippen LogP contribution in [0.25, 0.3) is 11.1 Å². The molecule has 2 aromatic rings. The average Bonchev–Trinajstić information content (AvgIpc) is 3.16. The molecule has 1 saturated carbocycles. The van der Waals surface area contributed by atoms with Crippen LogP contribution in [-0.4, -0.2) is 0 Å². The summed E-state index contributed by atoms with van der Waals surface area (Å²) in [5.41, 5.74) is 6.19. The van der Waals surface area contributed by atoms with Gasteiger partial charge in [-0.05, 0) is 0 Å². The van der Waals surface area contributed by atoms with Crippen molar-refractivity contribution in [3.8, 4) is 11.1 Å². The largest absolute Gasteiger partial charge is 1.00 e. The molecule has 3 atom stereocenters. The van der Waals surface area contributed by atoms with Crippen molar-refractivity contribution in [2.75, 3.05) is 0 Å². The van der Waals surface area contributed by atoms with E-state index in [1.807, 2.05) is 0 Å². The van der Waals surface area contributed by atoms with E-state index in [9.17, 15) is 0 Å². The van der Waals surface area contributed by atoms with E-state index < -0.39 is 0 Å². The molecule has 126 valence electrons. The molecular formula is C22H20Cl2Ti. The molecule has 2 aromatic carbocycles. The van der Waals surface area contributed by atoms with Crippen molar-refractivity contribution < 1.29 is 44.0 Å². The van der Waals surface area contributed by atoms with Crippen LogP contribution >= 0.6 is 0 Å². The zero-order chi connectivity index (χ0) is 15.2. The summed E-state index contributed by atoms with van der Waals surface area (Å²) in [6.45, 7) is 0. The van der Waals surface area contributed by atoms with Crippen LogP contribution in [-0.2, 0) is 19.2 Å². The topological polar surface area (TPSA) is 0 Å². The summed E-state index contributed by atoms with van der Waals surface area (Å²) in [6, 6.07) is 18.2. The van der Waals surface area contributed by atoms with Crippen molar-refractivity contribution in [1.82, 2.24) is 0 Å². The van der Waals surface area contributed by atoms with Gasteiger partial charge in [-0.15, -0.1) is 0 Å². The van der Waals surface area contributed by atoms with Gasteiger partial charge < -0.3 is 24.8 Å². The molecule has 0 radical (unpaired) electrons. The van der Waals surface area contributed by atoms with Gasteiger partial charge in [0, 0.05) is 0 Å². The van der Waals surface area contributed by atoms with Crippen molar-refractivity contribution in [3.63, 3.8) is 0 Å². The van der Waals surface area contributed by atoms with E-state index in [1.54, 1.807) is 11.1 Å². The maximum absolute atomic E-state index is 2.50. The standard InChI is InChI=1S/C13H9.C9H11.2ClH.Ti/c1-3-7-12-10(5-1)9-11-6-2-4-8-13(11)12;1-2-5-9-7-3-6-8(9)4-1;;;/h1-9H;1-2,4-6,8-9H,3,7H2;2*1H;/q;;;;+2/p-2. The van der Waals surface area contributed by atoms with Gasteiger partial charge >= 0.3 is 147 Å². The fourth-order valence-corrected chi connectivity index (χ4v) is 8.14. The zero-order valence-electron chi connectivity index (χ0n) is 13.9. The molecule has 25 heavy (non-hydrogen) atoms. The third-order valence-electron chi connectivity index (χ3n) is 5.79. The molecule has 1 fully saturated rings. The van der Waals surface area contributed by atoms with E-state index in [4.69, 9.17) is 0 Å². The number of fused-ring (bicyclic) bond motifs is 4. The van der Waals surface area contributed by atoms with Crippen LogP contribution in [0, 0.1) is 11.8 Å². The summed E-state index contributed by atoms with van der Waals surface area (Å²) < 4.78 is 1.66. The van der Waals surface area contributed by atoms with Gasteiger partial charge in [-0.3, -0.25) is 0 Å². The molecule has 3 unspecified atom stereocenters. The molecule has 0 nitrogen and oxygen atoms in total. The Morgan fingerprint density at radius 1 is 0.720 bits per heavy atom. The Morgan fingerprint density at radius 2 is 1.32 bits per heavy atom. The molecule has 3 aliphatic rings. The van der Waals surface area contributed by atoms with Crippen molar-refractivity contribution in [1.29, 1.82) is 0 Å². The van der Waals surface area contributed by atoms with E-state index in [0.717, 1.165) is 16.1 Å². The van der Waals surface area contributed by atoms with Crippen LogP contribution in [0.1, 0.15) is 28.2 Å². The maximum atomic E-state index is 2.50. The first-order valence-electron chi connectivity index (χ1n) is 8.71. The number of benzene rings is 2. The molecule has 0 aliphatic heterocycles. The Bertz CT molecular complexity index is 766. The fourth-order valence-electron chi connectivity index (χ4n) is 4.70. The van der Waals surface area contributed by atoms with Gasteiger partial charge in [0.15, 0.2) is 0 Å². The van der Waals surface area contributed by atoms with Crippen molar-refractivity contribution in [2.24, 2.45) is 11.8 Å². The molecule has 0 aromatic heterocycles. The molecule has 0 N–H and O–H groups in total. The van der Waals surface area contributed by atoms with Crippen LogP contribution in [0.3, 0.4) is 0 Å². The van der Waals surface area contributed by atoms with Crippen LogP contribution < -0.4 is 24.8 Å². The monoisotopic (exact) mass is 402 g/mol. The smallest absolute Gasteiger partial charge is 1.00 e. The second-order valence-corrected chi connectivity index (χ2v) is 9.55. The number of rotatable bonds is 2. The van der Waals surface area contributed by atoms with Crippen LogP contribution in [0.4, 0.5) is 0 Å². The predicted molar refractivity (Wildman–Crippen MR) is 92.0 cm³/mol. The van der Waals surface area contributed by atoms with Gasteiger partial charge in [0.2, 0.25) is 0 Å². The van der Waals surface area contributed by atoms with Gasteiger partial charge in [-0.2, -0.15) is 0 Å². The Morgan fingerprint density at radius 3 is 2.00 bits per heavy atom. The maximum Gasteiger partial charge on any atom is -1.00 e. The van der Waals surface area contributed by atoms with E-state index in [0.29, 0.717) is 4.22 Å². The summed E-state index contributed by atoms with van der Waals surface area (Å²) in [6.07, 6.45) is 12.3. The SMILES string of the molecule is C1=CC2CC[CH]([Ti+2][CH]3c4ccccc4-c4ccccc43)C2C=C1.[Cl-].[Cl-]. The average molecular weight is 403 g/mol. The van der Waals surface area contributed by atoms with E-state index in [2.05, 4.69) is 72.8 Å². The van der Waals surface area contributed by atoms with E-state index >= 15 is 0 Å². The molecule has 3 aliphatic carbocycles. The van der Waals surface area contributed by atoms with Crippen molar-refractivity contribution in [2.45, 2.75) is 21.3 Å². The van der Waals surface area contributed by atoms with E-state index in [-0.39, 0.29) is 44.0 Å². The molecule has 0 bridgehead atoms. The minimum Gasteiger partial charge on any atom is -1.00 e. The predicted octanol–water partition coefficient (Wildman–Crippen LogP) is -0.212. The summed E-state index contributed by atoms with van der Waals surface area (Å²) in [7, 11) is 0. The van der Waals surface area contributed by atoms with Gasteiger partial charge in [0.25, 0.3) is 0 Å². The Kier molecular flexibility index (Phi) is 5.96.